The lowest BCUT2D eigenvalue weighted by Crippen LogP contribution is -2.13. The molecule has 1 aromatic heterocycles. The second kappa shape index (κ2) is 5.31. The lowest BCUT2D eigenvalue weighted by molar-refractivity contribution is -0.385. The summed E-state index contributed by atoms with van der Waals surface area (Å²) in [6.07, 6.45) is 1.36. The zero-order valence-electron chi connectivity index (χ0n) is 10.5. The molecule has 0 aliphatic carbocycles. The van der Waals surface area contributed by atoms with E-state index in [4.69, 9.17) is 15.9 Å². The SMILES string of the molecule is Cc1ccc(Oc2nccc(C(=N)N)n2)c([N+](=O)[O-])c1. The molecule has 2 rings (SSSR count). The first-order chi connectivity index (χ1) is 9.47. The third-order valence-electron chi connectivity index (χ3n) is 2.42. The fourth-order valence-corrected chi connectivity index (χ4v) is 1.49. The van der Waals surface area contributed by atoms with Crippen LogP contribution in [0, 0.1) is 22.4 Å². The molecule has 0 bridgehead atoms. The van der Waals surface area contributed by atoms with E-state index in [0.717, 1.165) is 5.56 Å². The minimum Gasteiger partial charge on any atom is -0.417 e. The molecular weight excluding hydrogens is 262 g/mol. The highest BCUT2D eigenvalue weighted by Crippen LogP contribution is 2.30. The van der Waals surface area contributed by atoms with Crippen LogP contribution in [-0.4, -0.2) is 20.7 Å². The summed E-state index contributed by atoms with van der Waals surface area (Å²) < 4.78 is 5.30. The quantitative estimate of drug-likeness (QED) is 0.378. The van der Waals surface area contributed by atoms with Gasteiger partial charge in [0.1, 0.15) is 11.5 Å². The Morgan fingerprint density at radius 3 is 2.85 bits per heavy atom. The van der Waals surface area contributed by atoms with Crippen molar-refractivity contribution in [3.05, 3.63) is 51.8 Å². The van der Waals surface area contributed by atoms with Gasteiger partial charge < -0.3 is 10.5 Å². The maximum atomic E-state index is 11.0. The first-order valence-electron chi connectivity index (χ1n) is 5.57. The third-order valence-corrected chi connectivity index (χ3v) is 2.42. The number of rotatable bonds is 4. The van der Waals surface area contributed by atoms with Crippen LogP contribution in [0.5, 0.6) is 11.8 Å². The minimum absolute atomic E-state index is 0.0290. The Labute approximate surface area is 113 Å². The average molecular weight is 273 g/mol. The summed E-state index contributed by atoms with van der Waals surface area (Å²) in [5, 5.41) is 18.2. The normalized spacial score (nSPS) is 10.1. The summed E-state index contributed by atoms with van der Waals surface area (Å²) in [5.74, 6) is -0.211. The molecule has 0 aliphatic rings. The summed E-state index contributed by atoms with van der Waals surface area (Å²) in [7, 11) is 0. The van der Waals surface area contributed by atoms with E-state index in [-0.39, 0.29) is 29.0 Å². The Morgan fingerprint density at radius 2 is 2.20 bits per heavy atom. The van der Waals surface area contributed by atoms with E-state index in [1.807, 2.05) is 0 Å². The summed E-state index contributed by atoms with van der Waals surface area (Å²) >= 11 is 0. The Kier molecular flexibility index (Phi) is 3.56. The van der Waals surface area contributed by atoms with Crippen molar-refractivity contribution in [1.29, 1.82) is 5.41 Å². The van der Waals surface area contributed by atoms with Gasteiger partial charge in [-0.25, -0.2) is 4.98 Å². The molecule has 1 heterocycles. The Morgan fingerprint density at radius 1 is 1.45 bits per heavy atom. The Bertz CT molecular complexity index is 687. The smallest absolute Gasteiger partial charge is 0.322 e. The van der Waals surface area contributed by atoms with Crippen molar-refractivity contribution in [2.24, 2.45) is 5.73 Å². The molecule has 0 aliphatic heterocycles. The van der Waals surface area contributed by atoms with Gasteiger partial charge >= 0.3 is 11.7 Å². The lowest BCUT2D eigenvalue weighted by atomic mass is 10.2. The molecule has 0 saturated heterocycles. The number of amidine groups is 1. The molecule has 2 aromatic rings. The van der Waals surface area contributed by atoms with E-state index < -0.39 is 4.92 Å². The van der Waals surface area contributed by atoms with E-state index >= 15 is 0 Å². The summed E-state index contributed by atoms with van der Waals surface area (Å²) in [6, 6.07) is 5.88. The van der Waals surface area contributed by atoms with E-state index in [0.29, 0.717) is 0 Å². The highest BCUT2D eigenvalue weighted by atomic mass is 16.6. The number of aromatic nitrogens is 2. The molecule has 102 valence electrons. The van der Waals surface area contributed by atoms with Crippen molar-refractivity contribution in [2.45, 2.75) is 6.92 Å². The molecule has 8 nitrogen and oxygen atoms in total. The molecule has 1 aromatic carbocycles. The van der Waals surface area contributed by atoms with Crippen LogP contribution in [0.2, 0.25) is 0 Å². The van der Waals surface area contributed by atoms with Crippen LogP contribution < -0.4 is 10.5 Å². The van der Waals surface area contributed by atoms with Crippen molar-refractivity contribution in [2.75, 3.05) is 0 Å². The summed E-state index contributed by atoms with van der Waals surface area (Å²) in [5.41, 5.74) is 6.05. The highest BCUT2D eigenvalue weighted by molar-refractivity contribution is 5.92. The van der Waals surface area contributed by atoms with Gasteiger partial charge in [-0.2, -0.15) is 4.98 Å². The van der Waals surface area contributed by atoms with E-state index in [1.165, 1.54) is 24.4 Å². The third kappa shape index (κ3) is 2.86. The molecular formula is C12H11N5O3. The van der Waals surface area contributed by atoms with Crippen molar-refractivity contribution in [3.63, 3.8) is 0 Å². The second-order valence-corrected chi connectivity index (χ2v) is 3.97. The fraction of sp³-hybridized carbons (Fsp3) is 0.0833. The van der Waals surface area contributed by atoms with E-state index in [9.17, 15) is 10.1 Å². The number of ether oxygens (including phenoxy) is 1. The van der Waals surface area contributed by atoms with Gasteiger partial charge in [0, 0.05) is 12.3 Å². The van der Waals surface area contributed by atoms with Crippen LogP contribution in [0.4, 0.5) is 5.69 Å². The number of hydrogen-bond donors (Lipinski definition) is 2. The number of nitrogens with two attached hydrogens (primary N) is 1. The van der Waals surface area contributed by atoms with Gasteiger partial charge in [0.15, 0.2) is 0 Å². The van der Waals surface area contributed by atoms with Crippen LogP contribution in [0.15, 0.2) is 30.5 Å². The average Bonchev–Trinajstić information content (AvgIpc) is 2.41. The predicted molar refractivity (Wildman–Crippen MR) is 71.0 cm³/mol. The first kappa shape index (κ1) is 13.4. The highest BCUT2D eigenvalue weighted by Gasteiger charge is 2.17. The van der Waals surface area contributed by atoms with Gasteiger partial charge in [-0.1, -0.05) is 6.07 Å². The zero-order valence-corrected chi connectivity index (χ0v) is 10.5. The van der Waals surface area contributed by atoms with Crippen molar-refractivity contribution in [1.82, 2.24) is 9.97 Å². The lowest BCUT2D eigenvalue weighted by Gasteiger charge is -2.06. The van der Waals surface area contributed by atoms with Gasteiger partial charge in [0.05, 0.1) is 4.92 Å². The number of nitrogens with one attached hydrogen (secondary N) is 1. The van der Waals surface area contributed by atoms with Crippen molar-refractivity contribution < 1.29 is 9.66 Å². The van der Waals surface area contributed by atoms with Crippen LogP contribution in [0.1, 0.15) is 11.3 Å². The monoisotopic (exact) mass is 273 g/mol. The number of nitrogen functional groups attached to an aromatic ring is 1. The molecule has 0 fully saturated rings. The molecule has 3 N–H and O–H groups in total. The molecule has 8 heteroatoms. The Hall–Kier alpha value is -3.03. The number of nitro groups is 1. The van der Waals surface area contributed by atoms with E-state index in [1.54, 1.807) is 13.0 Å². The van der Waals surface area contributed by atoms with E-state index in [2.05, 4.69) is 9.97 Å². The van der Waals surface area contributed by atoms with Crippen molar-refractivity contribution in [3.8, 4) is 11.8 Å². The topological polar surface area (TPSA) is 128 Å². The largest absolute Gasteiger partial charge is 0.417 e. The van der Waals surface area contributed by atoms with Gasteiger partial charge in [-0.05, 0) is 24.6 Å². The van der Waals surface area contributed by atoms with Crippen molar-refractivity contribution >= 4 is 11.5 Å². The molecule has 0 saturated carbocycles. The maximum Gasteiger partial charge on any atom is 0.322 e. The molecule has 0 atom stereocenters. The number of hydrogen-bond acceptors (Lipinski definition) is 6. The fourth-order valence-electron chi connectivity index (χ4n) is 1.49. The zero-order chi connectivity index (χ0) is 14.7. The molecule has 0 radical (unpaired) electrons. The molecule has 0 spiro atoms. The first-order valence-corrected chi connectivity index (χ1v) is 5.57. The van der Waals surface area contributed by atoms with Gasteiger partial charge in [0.2, 0.25) is 5.75 Å². The number of nitrogens with zero attached hydrogens (tertiary/aromatic N) is 3. The molecule has 0 unspecified atom stereocenters. The maximum absolute atomic E-state index is 11.0. The minimum atomic E-state index is -0.544. The number of nitro benzene ring substituents is 1. The number of benzene rings is 1. The van der Waals surface area contributed by atoms with Gasteiger partial charge in [-0.15, -0.1) is 0 Å². The standard InChI is InChI=1S/C12H11N5O3/c1-7-2-3-10(9(6-7)17(18)19)20-12-15-5-4-8(16-12)11(13)14/h2-6H,1H3,(H3,13,14). The number of aryl methyl sites for hydroxylation is 1. The molecule has 0 amide bonds. The van der Waals surface area contributed by atoms with Gasteiger partial charge in [-0.3, -0.25) is 15.5 Å². The Balaban J connectivity index is 2.37. The van der Waals surface area contributed by atoms with Crippen LogP contribution in [0.25, 0.3) is 0 Å². The van der Waals surface area contributed by atoms with Crippen LogP contribution in [-0.2, 0) is 0 Å². The summed E-state index contributed by atoms with van der Waals surface area (Å²) in [6.45, 7) is 1.74. The van der Waals surface area contributed by atoms with Crippen LogP contribution in [0.3, 0.4) is 0 Å². The predicted octanol–water partition coefficient (Wildman–Crippen LogP) is 1.77. The molecule has 20 heavy (non-hydrogen) atoms. The van der Waals surface area contributed by atoms with Gasteiger partial charge in [0.25, 0.3) is 0 Å². The second-order valence-electron chi connectivity index (χ2n) is 3.97. The summed E-state index contributed by atoms with van der Waals surface area (Å²) in [4.78, 5) is 18.1. The van der Waals surface area contributed by atoms with Crippen LogP contribution >= 0.6 is 0 Å².